The maximum atomic E-state index is 8.69. The van der Waals surface area contributed by atoms with Crippen molar-refractivity contribution in [2.75, 3.05) is 0 Å². The maximum Gasteiger partial charge on any atom is 0.135 e. The van der Waals surface area contributed by atoms with Crippen LogP contribution in [0.3, 0.4) is 0 Å². The van der Waals surface area contributed by atoms with Gasteiger partial charge in [-0.1, -0.05) is 11.6 Å². The summed E-state index contributed by atoms with van der Waals surface area (Å²) in [7, 11) is 0. The Morgan fingerprint density at radius 2 is 2.30 bits per heavy atom. The molecule has 1 N–H and O–H groups in total. The summed E-state index contributed by atoms with van der Waals surface area (Å²) in [6.45, 7) is 1.68. The Balaban J connectivity index is 3.14. The predicted molar refractivity (Wildman–Crippen MR) is 37.7 cm³/mol. The molecule has 0 amide bonds. The largest absolute Gasteiger partial charge is 0.390 e. The third kappa shape index (κ3) is 1.25. The Kier molecular flexibility index (Phi) is 2.19. The lowest BCUT2D eigenvalue weighted by Gasteiger charge is -1.99. The molecular formula is C6H7ClN2O. The van der Waals surface area contributed by atoms with Crippen LogP contribution in [0.1, 0.15) is 11.3 Å². The molecule has 1 heterocycles. The van der Waals surface area contributed by atoms with Gasteiger partial charge in [-0.15, -0.1) is 0 Å². The Labute approximate surface area is 63.7 Å². The van der Waals surface area contributed by atoms with E-state index in [4.69, 9.17) is 16.7 Å². The number of hydrogen-bond donors (Lipinski definition) is 1. The molecule has 0 unspecified atom stereocenters. The summed E-state index contributed by atoms with van der Waals surface area (Å²) in [5.41, 5.74) is 1.33. The third-order valence-electron chi connectivity index (χ3n) is 1.28. The number of aliphatic hydroxyl groups is 1. The first-order valence-electron chi connectivity index (χ1n) is 2.82. The SMILES string of the molecule is Cc1c(Cl)ncnc1CO. The topological polar surface area (TPSA) is 46.0 Å². The van der Waals surface area contributed by atoms with Gasteiger partial charge >= 0.3 is 0 Å². The summed E-state index contributed by atoms with van der Waals surface area (Å²) in [5, 5.41) is 9.10. The normalized spacial score (nSPS) is 9.90. The van der Waals surface area contributed by atoms with Crippen molar-refractivity contribution in [3.63, 3.8) is 0 Å². The van der Waals surface area contributed by atoms with Gasteiger partial charge in [0.25, 0.3) is 0 Å². The van der Waals surface area contributed by atoms with Gasteiger partial charge in [0, 0.05) is 5.56 Å². The summed E-state index contributed by atoms with van der Waals surface area (Å²) < 4.78 is 0. The van der Waals surface area contributed by atoms with E-state index in [0.717, 1.165) is 5.56 Å². The van der Waals surface area contributed by atoms with Crippen LogP contribution in [0.25, 0.3) is 0 Å². The zero-order chi connectivity index (χ0) is 7.56. The summed E-state index contributed by atoms with van der Waals surface area (Å²) >= 11 is 5.63. The van der Waals surface area contributed by atoms with E-state index in [-0.39, 0.29) is 6.61 Å². The molecule has 1 aromatic rings. The summed E-state index contributed by atoms with van der Waals surface area (Å²) in [6.07, 6.45) is 1.33. The Morgan fingerprint density at radius 3 is 2.80 bits per heavy atom. The van der Waals surface area contributed by atoms with Crippen LogP contribution in [-0.4, -0.2) is 15.1 Å². The monoisotopic (exact) mass is 158 g/mol. The highest BCUT2D eigenvalue weighted by Gasteiger charge is 2.01. The van der Waals surface area contributed by atoms with Crippen molar-refractivity contribution < 1.29 is 5.11 Å². The molecule has 0 saturated carbocycles. The fourth-order valence-electron chi connectivity index (χ4n) is 0.621. The molecule has 0 aliphatic rings. The van der Waals surface area contributed by atoms with Crippen molar-refractivity contribution in [2.24, 2.45) is 0 Å². The number of rotatable bonds is 1. The quantitative estimate of drug-likeness (QED) is 0.619. The first kappa shape index (κ1) is 7.44. The highest BCUT2D eigenvalue weighted by atomic mass is 35.5. The van der Waals surface area contributed by atoms with E-state index in [1.165, 1.54) is 6.33 Å². The molecule has 0 aliphatic carbocycles. The van der Waals surface area contributed by atoms with Crippen molar-refractivity contribution in [3.05, 3.63) is 22.7 Å². The minimum absolute atomic E-state index is 0.0892. The number of hydrogen-bond acceptors (Lipinski definition) is 3. The summed E-state index contributed by atoms with van der Waals surface area (Å²) in [6, 6.07) is 0. The fraction of sp³-hybridized carbons (Fsp3) is 0.333. The zero-order valence-electron chi connectivity index (χ0n) is 5.50. The molecule has 4 heteroatoms. The van der Waals surface area contributed by atoms with Gasteiger partial charge in [-0.3, -0.25) is 0 Å². The van der Waals surface area contributed by atoms with Crippen LogP contribution < -0.4 is 0 Å². The van der Waals surface area contributed by atoms with Crippen LogP contribution in [0.5, 0.6) is 0 Å². The number of halogens is 1. The van der Waals surface area contributed by atoms with Crippen LogP contribution >= 0.6 is 11.6 Å². The van der Waals surface area contributed by atoms with E-state index >= 15 is 0 Å². The van der Waals surface area contributed by atoms with Crippen molar-refractivity contribution in [1.82, 2.24) is 9.97 Å². The minimum atomic E-state index is -0.0892. The van der Waals surface area contributed by atoms with E-state index in [0.29, 0.717) is 10.8 Å². The second kappa shape index (κ2) is 2.94. The van der Waals surface area contributed by atoms with Gasteiger partial charge in [0.2, 0.25) is 0 Å². The molecule has 0 spiro atoms. The van der Waals surface area contributed by atoms with Gasteiger partial charge in [-0.05, 0) is 6.92 Å². The lowest BCUT2D eigenvalue weighted by atomic mass is 10.3. The van der Waals surface area contributed by atoms with Crippen molar-refractivity contribution >= 4 is 11.6 Å². The van der Waals surface area contributed by atoms with Crippen molar-refractivity contribution in [3.8, 4) is 0 Å². The zero-order valence-corrected chi connectivity index (χ0v) is 6.26. The summed E-state index contributed by atoms with van der Waals surface area (Å²) in [4.78, 5) is 7.54. The molecule has 0 aromatic carbocycles. The van der Waals surface area contributed by atoms with Gasteiger partial charge in [-0.2, -0.15) is 0 Å². The van der Waals surface area contributed by atoms with Crippen LogP contribution in [0.2, 0.25) is 5.15 Å². The smallest absolute Gasteiger partial charge is 0.135 e. The van der Waals surface area contributed by atoms with Gasteiger partial charge in [0.05, 0.1) is 12.3 Å². The van der Waals surface area contributed by atoms with Crippen molar-refractivity contribution in [1.29, 1.82) is 0 Å². The van der Waals surface area contributed by atoms with Gasteiger partial charge in [0.1, 0.15) is 11.5 Å². The van der Waals surface area contributed by atoms with Crippen LogP contribution in [-0.2, 0) is 6.61 Å². The number of aliphatic hydroxyl groups excluding tert-OH is 1. The lowest BCUT2D eigenvalue weighted by Crippen LogP contribution is -1.95. The Bertz CT molecular complexity index is 239. The third-order valence-corrected chi connectivity index (χ3v) is 1.66. The van der Waals surface area contributed by atoms with Gasteiger partial charge in [-0.25, -0.2) is 9.97 Å². The lowest BCUT2D eigenvalue weighted by molar-refractivity contribution is 0.275. The minimum Gasteiger partial charge on any atom is -0.390 e. The molecule has 0 aliphatic heterocycles. The standard InChI is InChI=1S/C6H7ClN2O/c1-4-5(2-10)8-3-9-6(4)7/h3,10H,2H2,1H3. The Morgan fingerprint density at radius 1 is 1.60 bits per heavy atom. The highest BCUT2D eigenvalue weighted by molar-refractivity contribution is 6.30. The first-order chi connectivity index (χ1) is 4.75. The highest BCUT2D eigenvalue weighted by Crippen LogP contribution is 2.12. The second-order valence-electron chi connectivity index (χ2n) is 1.89. The van der Waals surface area contributed by atoms with E-state index < -0.39 is 0 Å². The molecule has 54 valence electrons. The molecule has 1 aromatic heterocycles. The van der Waals surface area contributed by atoms with Gasteiger partial charge < -0.3 is 5.11 Å². The van der Waals surface area contributed by atoms with Gasteiger partial charge in [0.15, 0.2) is 0 Å². The van der Waals surface area contributed by atoms with Crippen LogP contribution in [0.4, 0.5) is 0 Å². The predicted octanol–water partition coefficient (Wildman–Crippen LogP) is 0.931. The molecule has 0 fully saturated rings. The van der Waals surface area contributed by atoms with E-state index in [1.807, 2.05) is 0 Å². The van der Waals surface area contributed by atoms with Crippen LogP contribution in [0.15, 0.2) is 6.33 Å². The van der Waals surface area contributed by atoms with Crippen molar-refractivity contribution in [2.45, 2.75) is 13.5 Å². The number of nitrogens with zero attached hydrogens (tertiary/aromatic N) is 2. The molecule has 0 radical (unpaired) electrons. The average Bonchev–Trinajstić information content (AvgIpc) is 1.95. The van der Waals surface area contributed by atoms with E-state index in [2.05, 4.69) is 9.97 Å². The number of aromatic nitrogens is 2. The Hall–Kier alpha value is -0.670. The second-order valence-corrected chi connectivity index (χ2v) is 2.25. The fourth-order valence-corrected chi connectivity index (χ4v) is 0.774. The first-order valence-corrected chi connectivity index (χ1v) is 3.20. The maximum absolute atomic E-state index is 8.69. The molecule has 3 nitrogen and oxygen atoms in total. The molecule has 1 rings (SSSR count). The molecule has 0 atom stereocenters. The molecule has 0 saturated heterocycles. The average molecular weight is 159 g/mol. The molecule has 10 heavy (non-hydrogen) atoms. The van der Waals surface area contributed by atoms with Crippen LogP contribution in [0, 0.1) is 6.92 Å². The molecular weight excluding hydrogens is 152 g/mol. The van der Waals surface area contributed by atoms with E-state index in [1.54, 1.807) is 6.92 Å². The molecule has 0 bridgehead atoms. The van der Waals surface area contributed by atoms with E-state index in [9.17, 15) is 0 Å². The summed E-state index contributed by atoms with van der Waals surface area (Å²) in [5.74, 6) is 0.